The van der Waals surface area contributed by atoms with Crippen LogP contribution < -0.4 is 29.7 Å². The lowest BCUT2D eigenvalue weighted by molar-refractivity contribution is -0.118. The predicted molar refractivity (Wildman–Crippen MR) is 116 cm³/mol. The van der Waals surface area contributed by atoms with Gasteiger partial charge < -0.3 is 29.7 Å². The van der Waals surface area contributed by atoms with Gasteiger partial charge in [-0.05, 0) is 36.6 Å². The molecule has 0 saturated heterocycles. The van der Waals surface area contributed by atoms with Gasteiger partial charge in [-0.1, -0.05) is 6.92 Å². The zero-order valence-electron chi connectivity index (χ0n) is 17.7. The van der Waals surface area contributed by atoms with Crippen LogP contribution in [0.2, 0.25) is 0 Å². The average Bonchev–Trinajstić information content (AvgIpc) is 2.74. The molecule has 1 heterocycles. The Labute approximate surface area is 176 Å². The topological polar surface area (TPSA) is 89.1 Å². The highest BCUT2D eigenvalue weighted by Gasteiger charge is 2.23. The van der Waals surface area contributed by atoms with E-state index in [2.05, 4.69) is 10.6 Å². The highest BCUT2D eigenvalue weighted by molar-refractivity contribution is 6.01. The largest absolute Gasteiger partial charge is 0.493 e. The number of ether oxygens (including phenoxy) is 3. The van der Waals surface area contributed by atoms with Gasteiger partial charge in [0.15, 0.2) is 11.5 Å². The number of urea groups is 1. The van der Waals surface area contributed by atoms with E-state index in [4.69, 9.17) is 14.2 Å². The van der Waals surface area contributed by atoms with Crippen LogP contribution in [0.1, 0.15) is 25.3 Å². The summed E-state index contributed by atoms with van der Waals surface area (Å²) in [6.45, 7) is 2.74. The molecule has 0 radical (unpaired) electrons. The predicted octanol–water partition coefficient (Wildman–Crippen LogP) is 4.05. The number of anilines is 3. The molecule has 2 N–H and O–H groups in total. The van der Waals surface area contributed by atoms with Crippen molar-refractivity contribution in [1.82, 2.24) is 0 Å². The second kappa shape index (κ2) is 9.39. The molecule has 0 bridgehead atoms. The Morgan fingerprint density at radius 2 is 1.63 bits per heavy atom. The van der Waals surface area contributed by atoms with Gasteiger partial charge in [0.2, 0.25) is 11.7 Å². The number of amides is 3. The maximum Gasteiger partial charge on any atom is 0.323 e. The van der Waals surface area contributed by atoms with Crippen molar-refractivity contribution in [2.45, 2.75) is 26.2 Å². The third-order valence-corrected chi connectivity index (χ3v) is 4.91. The van der Waals surface area contributed by atoms with Crippen molar-refractivity contribution in [2.75, 3.05) is 43.4 Å². The summed E-state index contributed by atoms with van der Waals surface area (Å²) in [5, 5.41) is 5.61. The molecule has 2 aromatic carbocycles. The minimum Gasteiger partial charge on any atom is -0.493 e. The Hall–Kier alpha value is -3.42. The van der Waals surface area contributed by atoms with Crippen molar-refractivity contribution in [3.05, 3.63) is 35.9 Å². The van der Waals surface area contributed by atoms with Crippen molar-refractivity contribution in [3.8, 4) is 17.2 Å². The van der Waals surface area contributed by atoms with E-state index in [1.807, 2.05) is 24.0 Å². The number of methoxy groups -OCH3 is 3. The van der Waals surface area contributed by atoms with Crippen LogP contribution in [0.3, 0.4) is 0 Å². The monoisotopic (exact) mass is 413 g/mol. The van der Waals surface area contributed by atoms with Gasteiger partial charge in [0.1, 0.15) is 0 Å². The van der Waals surface area contributed by atoms with Gasteiger partial charge >= 0.3 is 6.03 Å². The highest BCUT2D eigenvalue weighted by atomic mass is 16.5. The molecule has 30 heavy (non-hydrogen) atoms. The Balaban J connectivity index is 1.75. The molecule has 0 saturated carbocycles. The molecular formula is C22H27N3O5. The number of nitrogens with one attached hydrogen (secondary N) is 2. The first kappa shape index (κ1) is 21.3. The van der Waals surface area contributed by atoms with Crippen molar-refractivity contribution < 1.29 is 23.8 Å². The molecular weight excluding hydrogens is 386 g/mol. The summed E-state index contributed by atoms with van der Waals surface area (Å²) >= 11 is 0. The fourth-order valence-corrected chi connectivity index (χ4v) is 3.55. The molecule has 1 aliphatic heterocycles. The summed E-state index contributed by atoms with van der Waals surface area (Å²) in [7, 11) is 4.55. The first-order valence-corrected chi connectivity index (χ1v) is 9.82. The lowest BCUT2D eigenvalue weighted by atomic mass is 10.00. The molecule has 8 nitrogen and oxygen atoms in total. The molecule has 0 atom stereocenters. The summed E-state index contributed by atoms with van der Waals surface area (Å²) < 4.78 is 15.9. The van der Waals surface area contributed by atoms with Crippen LogP contribution in [-0.4, -0.2) is 39.8 Å². The van der Waals surface area contributed by atoms with Crippen LogP contribution in [0.5, 0.6) is 17.2 Å². The quantitative estimate of drug-likeness (QED) is 0.715. The summed E-state index contributed by atoms with van der Waals surface area (Å²) in [4.78, 5) is 26.5. The van der Waals surface area contributed by atoms with Gasteiger partial charge in [-0.3, -0.25) is 4.79 Å². The first-order chi connectivity index (χ1) is 14.5. The van der Waals surface area contributed by atoms with Crippen molar-refractivity contribution in [1.29, 1.82) is 0 Å². The number of fused-ring (bicyclic) bond motifs is 1. The molecule has 160 valence electrons. The lowest BCUT2D eigenvalue weighted by Crippen LogP contribution is -2.35. The summed E-state index contributed by atoms with van der Waals surface area (Å²) in [6, 6.07) is 8.51. The molecule has 3 amide bonds. The zero-order valence-corrected chi connectivity index (χ0v) is 17.7. The number of hydrogen-bond donors (Lipinski definition) is 2. The standard InChI is InChI=1S/C22H27N3O5/c1-5-10-25-17-8-7-15(11-14(17)6-9-20(25)26)23-22(27)24-16-12-18(28-2)21(30-4)19(13-16)29-3/h7-8,11-13H,5-6,9-10H2,1-4H3,(H2,23,24,27). The van der Waals surface area contributed by atoms with E-state index in [9.17, 15) is 9.59 Å². The minimum atomic E-state index is -0.401. The fourth-order valence-electron chi connectivity index (χ4n) is 3.55. The summed E-state index contributed by atoms with van der Waals surface area (Å²) in [5.74, 6) is 1.49. The van der Waals surface area contributed by atoms with Crippen molar-refractivity contribution in [3.63, 3.8) is 0 Å². The second-order valence-corrected chi connectivity index (χ2v) is 6.88. The van der Waals surface area contributed by atoms with E-state index in [1.165, 1.54) is 21.3 Å². The third kappa shape index (κ3) is 4.42. The van der Waals surface area contributed by atoms with E-state index in [0.717, 1.165) is 17.7 Å². The number of carbonyl (C=O) groups excluding carboxylic acids is 2. The SMILES string of the molecule is CCCN1C(=O)CCc2cc(NC(=O)Nc3cc(OC)c(OC)c(OC)c3)ccc21. The van der Waals surface area contributed by atoms with Gasteiger partial charge in [0.25, 0.3) is 0 Å². The van der Waals surface area contributed by atoms with E-state index in [-0.39, 0.29) is 5.91 Å². The third-order valence-electron chi connectivity index (χ3n) is 4.91. The summed E-state index contributed by atoms with van der Waals surface area (Å²) in [5.41, 5.74) is 3.13. The number of rotatable bonds is 7. The highest BCUT2D eigenvalue weighted by Crippen LogP contribution is 2.40. The van der Waals surface area contributed by atoms with Crippen LogP contribution in [0.25, 0.3) is 0 Å². The summed E-state index contributed by atoms with van der Waals surface area (Å²) in [6.07, 6.45) is 2.04. The molecule has 8 heteroatoms. The average molecular weight is 413 g/mol. The van der Waals surface area contributed by atoms with Gasteiger partial charge in [-0.2, -0.15) is 0 Å². The Kier molecular flexibility index (Phi) is 6.66. The molecule has 0 aliphatic carbocycles. The molecule has 0 unspecified atom stereocenters. The van der Waals surface area contributed by atoms with Crippen LogP contribution >= 0.6 is 0 Å². The Morgan fingerprint density at radius 1 is 0.967 bits per heavy atom. The first-order valence-electron chi connectivity index (χ1n) is 9.82. The maximum atomic E-state index is 12.5. The van der Waals surface area contributed by atoms with Crippen LogP contribution in [-0.2, 0) is 11.2 Å². The number of carbonyl (C=O) groups is 2. The van der Waals surface area contributed by atoms with E-state index in [0.29, 0.717) is 48.0 Å². The molecule has 0 fully saturated rings. The van der Waals surface area contributed by atoms with E-state index < -0.39 is 6.03 Å². The smallest absolute Gasteiger partial charge is 0.323 e. The van der Waals surface area contributed by atoms with Crippen LogP contribution in [0, 0.1) is 0 Å². The Morgan fingerprint density at radius 3 is 2.23 bits per heavy atom. The van der Waals surface area contributed by atoms with Crippen LogP contribution in [0.4, 0.5) is 21.9 Å². The fraction of sp³-hybridized carbons (Fsp3) is 0.364. The van der Waals surface area contributed by atoms with Gasteiger partial charge in [-0.15, -0.1) is 0 Å². The Bertz CT molecular complexity index is 919. The molecule has 0 spiro atoms. The maximum absolute atomic E-state index is 12.5. The lowest BCUT2D eigenvalue weighted by Gasteiger charge is -2.29. The minimum absolute atomic E-state index is 0.144. The molecule has 0 aromatic heterocycles. The molecule has 1 aliphatic rings. The number of benzene rings is 2. The number of hydrogen-bond acceptors (Lipinski definition) is 5. The molecule has 3 rings (SSSR count). The molecule has 2 aromatic rings. The van der Waals surface area contributed by atoms with E-state index >= 15 is 0 Å². The number of nitrogens with zero attached hydrogens (tertiary/aromatic N) is 1. The second-order valence-electron chi connectivity index (χ2n) is 6.88. The zero-order chi connectivity index (χ0) is 21.7. The van der Waals surface area contributed by atoms with Gasteiger partial charge in [0, 0.05) is 36.5 Å². The van der Waals surface area contributed by atoms with Crippen molar-refractivity contribution >= 4 is 29.0 Å². The van der Waals surface area contributed by atoms with Gasteiger partial charge in [-0.25, -0.2) is 4.79 Å². The van der Waals surface area contributed by atoms with Crippen molar-refractivity contribution in [2.24, 2.45) is 0 Å². The van der Waals surface area contributed by atoms with Gasteiger partial charge in [0.05, 0.1) is 27.0 Å². The number of aryl methyl sites for hydroxylation is 1. The van der Waals surface area contributed by atoms with Crippen LogP contribution in [0.15, 0.2) is 30.3 Å². The normalized spacial score (nSPS) is 12.8. The van der Waals surface area contributed by atoms with E-state index in [1.54, 1.807) is 18.2 Å².